The van der Waals surface area contributed by atoms with E-state index in [1.54, 1.807) is 0 Å². The van der Waals surface area contributed by atoms with Gasteiger partial charge in [-0.3, -0.25) is 0 Å². The van der Waals surface area contributed by atoms with Crippen molar-refractivity contribution >= 4 is 17.1 Å². The van der Waals surface area contributed by atoms with Crippen LogP contribution in [-0.2, 0) is 33.9 Å². The van der Waals surface area contributed by atoms with Crippen LogP contribution in [0.2, 0.25) is 0 Å². The quantitative estimate of drug-likeness (QED) is 0.299. The number of aromatic nitrogens is 2. The average Bonchev–Trinajstić information content (AvgIpc) is 3.37. The summed E-state index contributed by atoms with van der Waals surface area (Å²) in [5.74, 6) is 0. The van der Waals surface area contributed by atoms with Gasteiger partial charge in [-0.25, -0.2) is 9.78 Å². The van der Waals surface area contributed by atoms with Crippen molar-refractivity contribution in [2.24, 2.45) is 0 Å². The first-order valence-electron chi connectivity index (χ1n) is 12.6. The number of benzene rings is 3. The summed E-state index contributed by atoms with van der Waals surface area (Å²) >= 11 is 0. The summed E-state index contributed by atoms with van der Waals surface area (Å²) in [4.78, 5) is 16.2. The van der Waals surface area contributed by atoms with Crippen molar-refractivity contribution in [2.45, 2.75) is 44.6 Å². The molecule has 3 atom stereocenters. The second-order valence-electron chi connectivity index (χ2n) is 9.22. The van der Waals surface area contributed by atoms with E-state index in [4.69, 9.17) is 14.2 Å². The molecule has 1 aliphatic rings. The lowest BCUT2D eigenvalue weighted by Gasteiger charge is -2.36. The topological polar surface area (TPSA) is 94.8 Å². The van der Waals surface area contributed by atoms with Crippen molar-refractivity contribution in [1.29, 1.82) is 0 Å². The van der Waals surface area contributed by atoms with Gasteiger partial charge in [0.2, 0.25) is 0 Å². The number of amides is 1. The summed E-state index contributed by atoms with van der Waals surface area (Å²) in [5.41, 5.74) is 5.72. The van der Waals surface area contributed by atoms with Gasteiger partial charge in [0, 0.05) is 18.5 Å². The largest absolute Gasteiger partial charge is 0.445 e. The molecule has 0 unspecified atom stereocenters. The number of nitrogens with zero attached hydrogens (tertiary/aromatic N) is 2. The van der Waals surface area contributed by atoms with E-state index in [2.05, 4.69) is 27.5 Å². The molecule has 0 spiro atoms. The van der Waals surface area contributed by atoms with Crippen LogP contribution in [-0.4, -0.2) is 33.5 Å². The zero-order valence-corrected chi connectivity index (χ0v) is 21.0. The molecule has 4 aromatic rings. The number of ether oxygens (including phenoxy) is 3. The monoisotopic (exact) mass is 513 g/mol. The molecule has 1 fully saturated rings. The zero-order valence-electron chi connectivity index (χ0n) is 21.0. The van der Waals surface area contributed by atoms with Crippen molar-refractivity contribution in [3.8, 4) is 0 Å². The maximum atomic E-state index is 11.7. The van der Waals surface area contributed by atoms with E-state index in [0.717, 1.165) is 33.3 Å². The van der Waals surface area contributed by atoms with E-state index in [0.29, 0.717) is 19.5 Å². The van der Waals surface area contributed by atoms with E-state index < -0.39 is 12.4 Å². The van der Waals surface area contributed by atoms with Crippen LogP contribution in [0.1, 0.15) is 41.1 Å². The molecular weight excluding hydrogens is 482 g/mol. The Balaban J connectivity index is 1.33. The van der Waals surface area contributed by atoms with Crippen LogP contribution in [0.25, 0.3) is 11.0 Å². The lowest BCUT2D eigenvalue weighted by Crippen LogP contribution is -2.32. The SMILES string of the molecule is C=CCOC(=O)NCc1ccc([C@@H]2O[C@H](Cn3cnc4ccccc43)C[C@H](c3ccc(CO)cc3)O2)cc1. The summed E-state index contributed by atoms with van der Waals surface area (Å²) < 4.78 is 20.0. The van der Waals surface area contributed by atoms with E-state index in [-0.39, 0.29) is 25.4 Å². The van der Waals surface area contributed by atoms with Crippen LogP contribution < -0.4 is 5.32 Å². The second-order valence-corrected chi connectivity index (χ2v) is 9.22. The number of para-hydroxylation sites is 2. The molecule has 0 aliphatic carbocycles. The highest BCUT2D eigenvalue weighted by atomic mass is 16.7. The van der Waals surface area contributed by atoms with Crippen LogP contribution in [0.15, 0.2) is 91.8 Å². The summed E-state index contributed by atoms with van der Waals surface area (Å²) in [5, 5.41) is 12.2. The van der Waals surface area contributed by atoms with E-state index in [1.165, 1.54) is 6.08 Å². The van der Waals surface area contributed by atoms with Crippen molar-refractivity contribution in [3.05, 3.63) is 114 Å². The molecule has 8 nitrogen and oxygen atoms in total. The van der Waals surface area contributed by atoms with E-state index >= 15 is 0 Å². The number of imidazole rings is 1. The lowest BCUT2D eigenvalue weighted by molar-refractivity contribution is -0.252. The van der Waals surface area contributed by atoms with E-state index in [1.807, 2.05) is 73.1 Å². The van der Waals surface area contributed by atoms with Gasteiger partial charge in [0.1, 0.15) is 6.61 Å². The number of carbonyl (C=O) groups is 1. The lowest BCUT2D eigenvalue weighted by atomic mass is 10.00. The molecule has 1 saturated heterocycles. The number of rotatable bonds is 9. The Morgan fingerprint density at radius 3 is 2.55 bits per heavy atom. The van der Waals surface area contributed by atoms with Crippen LogP contribution in [0.4, 0.5) is 4.79 Å². The summed E-state index contributed by atoms with van der Waals surface area (Å²) in [6, 6.07) is 23.7. The number of aliphatic hydroxyl groups excluding tert-OH is 1. The maximum Gasteiger partial charge on any atom is 0.407 e. The van der Waals surface area contributed by atoms with Gasteiger partial charge in [0.25, 0.3) is 0 Å². The fourth-order valence-electron chi connectivity index (χ4n) is 4.56. The number of alkyl carbamates (subject to hydrolysis) is 1. The molecule has 1 aromatic heterocycles. The predicted octanol–water partition coefficient (Wildman–Crippen LogP) is 5.19. The number of hydrogen-bond donors (Lipinski definition) is 2. The van der Waals surface area contributed by atoms with Crippen LogP contribution in [0.3, 0.4) is 0 Å². The van der Waals surface area contributed by atoms with Gasteiger partial charge in [0.05, 0.1) is 42.7 Å². The number of fused-ring (bicyclic) bond motifs is 1. The van der Waals surface area contributed by atoms with Gasteiger partial charge in [-0.2, -0.15) is 0 Å². The molecule has 3 aromatic carbocycles. The Bertz CT molecular complexity index is 1370. The van der Waals surface area contributed by atoms with Gasteiger partial charge >= 0.3 is 6.09 Å². The predicted molar refractivity (Wildman–Crippen MR) is 143 cm³/mol. The summed E-state index contributed by atoms with van der Waals surface area (Å²) in [6.07, 6.45) is 2.71. The van der Waals surface area contributed by atoms with Gasteiger partial charge < -0.3 is 29.2 Å². The highest BCUT2D eigenvalue weighted by Crippen LogP contribution is 2.38. The van der Waals surface area contributed by atoms with Crippen molar-refractivity contribution in [2.75, 3.05) is 6.61 Å². The molecule has 0 bridgehead atoms. The number of hydrogen-bond acceptors (Lipinski definition) is 6. The zero-order chi connectivity index (χ0) is 26.3. The molecule has 2 heterocycles. The Morgan fingerprint density at radius 1 is 1.05 bits per heavy atom. The van der Waals surface area contributed by atoms with Crippen molar-refractivity contribution in [3.63, 3.8) is 0 Å². The Kier molecular flexibility index (Phi) is 8.13. The number of nitrogens with one attached hydrogen (secondary N) is 1. The van der Waals surface area contributed by atoms with Crippen molar-refractivity contribution in [1.82, 2.24) is 14.9 Å². The highest BCUT2D eigenvalue weighted by molar-refractivity contribution is 5.74. The van der Waals surface area contributed by atoms with Crippen LogP contribution >= 0.6 is 0 Å². The van der Waals surface area contributed by atoms with E-state index in [9.17, 15) is 9.90 Å². The molecule has 38 heavy (non-hydrogen) atoms. The van der Waals surface area contributed by atoms with Gasteiger partial charge in [-0.1, -0.05) is 73.3 Å². The van der Waals surface area contributed by atoms with Gasteiger partial charge in [-0.15, -0.1) is 0 Å². The fraction of sp³-hybridized carbons (Fsp3) is 0.267. The Hall–Kier alpha value is -3.98. The first kappa shape index (κ1) is 25.7. The Morgan fingerprint density at radius 2 is 1.79 bits per heavy atom. The molecule has 1 aliphatic heterocycles. The maximum absolute atomic E-state index is 11.7. The first-order valence-corrected chi connectivity index (χ1v) is 12.6. The third kappa shape index (κ3) is 6.11. The van der Waals surface area contributed by atoms with Crippen molar-refractivity contribution < 1.29 is 24.1 Å². The standard InChI is InChI=1S/C30H31N3O5/c1-2-15-36-30(35)31-17-21-7-13-24(14-8-21)29-37-25(18-33-20-32-26-5-3-4-6-27(26)33)16-28(38-29)23-11-9-22(19-34)10-12-23/h2-14,20,25,28-29,34H,1,15-19H2,(H,31,35)/t25-,28+,29+/m0/s1. The molecule has 8 heteroatoms. The molecule has 2 N–H and O–H groups in total. The highest BCUT2D eigenvalue weighted by Gasteiger charge is 2.32. The number of carbonyl (C=O) groups excluding carboxylic acids is 1. The normalized spacial score (nSPS) is 19.2. The molecule has 0 saturated carbocycles. The molecular formula is C30H31N3O5. The number of aliphatic hydroxyl groups is 1. The summed E-state index contributed by atoms with van der Waals surface area (Å²) in [6.45, 7) is 4.69. The molecule has 5 rings (SSSR count). The minimum Gasteiger partial charge on any atom is -0.445 e. The molecule has 1 amide bonds. The Labute approximate surface area is 221 Å². The van der Waals surface area contributed by atoms with Crippen LogP contribution in [0.5, 0.6) is 0 Å². The first-order chi connectivity index (χ1) is 18.6. The molecule has 0 radical (unpaired) electrons. The van der Waals surface area contributed by atoms with Gasteiger partial charge in [-0.05, 0) is 28.8 Å². The molecule has 196 valence electrons. The average molecular weight is 514 g/mol. The van der Waals surface area contributed by atoms with Crippen LogP contribution in [0, 0.1) is 0 Å². The second kappa shape index (κ2) is 12.0. The minimum atomic E-state index is -0.564. The third-order valence-electron chi connectivity index (χ3n) is 6.56. The minimum absolute atomic E-state index is 0.00104. The summed E-state index contributed by atoms with van der Waals surface area (Å²) in [7, 11) is 0. The van der Waals surface area contributed by atoms with Gasteiger partial charge in [0.15, 0.2) is 6.29 Å². The fourth-order valence-corrected chi connectivity index (χ4v) is 4.56. The smallest absolute Gasteiger partial charge is 0.407 e. The third-order valence-corrected chi connectivity index (χ3v) is 6.56.